The van der Waals surface area contributed by atoms with E-state index in [1.165, 1.54) is 30.4 Å². The summed E-state index contributed by atoms with van der Waals surface area (Å²) in [4.78, 5) is 14.0. The van der Waals surface area contributed by atoms with Gasteiger partial charge in [0.25, 0.3) is 0 Å². The molecule has 0 unspecified atom stereocenters. The second-order valence-electron chi connectivity index (χ2n) is 6.91. The lowest BCUT2D eigenvalue weighted by Crippen LogP contribution is -2.33. The molecule has 3 heterocycles. The predicted octanol–water partition coefficient (Wildman–Crippen LogP) is 3.05. The molecule has 0 saturated carbocycles. The van der Waals surface area contributed by atoms with Gasteiger partial charge in [-0.3, -0.25) is 0 Å². The second-order valence-corrected chi connectivity index (χ2v) is 6.91. The Hall–Kier alpha value is -2.50. The lowest BCUT2D eigenvalue weighted by Gasteiger charge is -2.32. The first-order valence-corrected chi connectivity index (χ1v) is 9.35. The van der Waals surface area contributed by atoms with Crippen LogP contribution in [-0.4, -0.2) is 43.8 Å². The Labute approximate surface area is 154 Å². The summed E-state index contributed by atoms with van der Waals surface area (Å²) in [5.74, 6) is 3.44. The molecule has 1 fully saturated rings. The van der Waals surface area contributed by atoms with E-state index < -0.39 is 0 Å². The summed E-state index contributed by atoms with van der Waals surface area (Å²) >= 11 is 0. The number of nitrogens with zero attached hydrogens (tertiary/aromatic N) is 4. The lowest BCUT2D eigenvalue weighted by atomic mass is 9.99. The summed E-state index contributed by atoms with van der Waals surface area (Å²) in [7, 11) is 3.36. The Morgan fingerprint density at radius 1 is 0.885 bits per heavy atom. The molecule has 2 aromatic rings. The van der Waals surface area contributed by atoms with Gasteiger partial charge in [0.1, 0.15) is 5.82 Å². The number of hydrogen-bond acceptors (Lipinski definition) is 6. The average Bonchev–Trinajstić information content (AvgIpc) is 2.73. The van der Waals surface area contributed by atoms with Crippen LogP contribution in [0.2, 0.25) is 0 Å². The van der Waals surface area contributed by atoms with Crippen LogP contribution < -0.4 is 19.3 Å². The highest BCUT2D eigenvalue weighted by atomic mass is 16.5. The normalized spacial score (nSPS) is 17.0. The van der Waals surface area contributed by atoms with Gasteiger partial charge in [0.15, 0.2) is 11.5 Å². The minimum atomic E-state index is 0.782. The van der Waals surface area contributed by atoms with Gasteiger partial charge in [-0.1, -0.05) is 0 Å². The van der Waals surface area contributed by atoms with Crippen molar-refractivity contribution in [2.24, 2.45) is 0 Å². The van der Waals surface area contributed by atoms with Crippen molar-refractivity contribution < 1.29 is 9.47 Å². The molecule has 0 spiro atoms. The highest BCUT2D eigenvalue weighted by molar-refractivity contribution is 5.52. The SMILES string of the molecule is COc1cc2c(cc1OC)CN(c1ccnc(N3CCCCC3)n1)CC2. The third-order valence-corrected chi connectivity index (χ3v) is 5.31. The fraction of sp³-hybridized carbons (Fsp3) is 0.500. The topological polar surface area (TPSA) is 50.7 Å². The van der Waals surface area contributed by atoms with Crippen molar-refractivity contribution in [3.8, 4) is 11.5 Å². The summed E-state index contributed by atoms with van der Waals surface area (Å²) in [6.45, 7) is 3.89. The minimum Gasteiger partial charge on any atom is -0.493 e. The van der Waals surface area contributed by atoms with Crippen molar-refractivity contribution in [3.05, 3.63) is 35.5 Å². The Balaban J connectivity index is 1.57. The van der Waals surface area contributed by atoms with Gasteiger partial charge in [-0.15, -0.1) is 0 Å². The molecular weight excluding hydrogens is 328 g/mol. The van der Waals surface area contributed by atoms with E-state index in [-0.39, 0.29) is 0 Å². The molecule has 2 aliphatic rings. The zero-order valence-corrected chi connectivity index (χ0v) is 15.6. The van der Waals surface area contributed by atoms with E-state index in [0.29, 0.717) is 0 Å². The van der Waals surface area contributed by atoms with Crippen molar-refractivity contribution >= 4 is 11.8 Å². The molecule has 4 rings (SSSR count). The summed E-state index contributed by atoms with van der Waals surface area (Å²) in [5.41, 5.74) is 2.59. The largest absolute Gasteiger partial charge is 0.493 e. The van der Waals surface area contributed by atoms with E-state index in [2.05, 4.69) is 26.9 Å². The molecule has 0 atom stereocenters. The molecule has 0 N–H and O–H groups in total. The molecule has 26 heavy (non-hydrogen) atoms. The third-order valence-electron chi connectivity index (χ3n) is 5.31. The summed E-state index contributed by atoms with van der Waals surface area (Å²) in [6, 6.07) is 6.21. The van der Waals surface area contributed by atoms with Crippen LogP contribution in [0.25, 0.3) is 0 Å². The summed E-state index contributed by atoms with van der Waals surface area (Å²) in [5, 5.41) is 0. The Morgan fingerprint density at radius 3 is 2.35 bits per heavy atom. The first-order valence-electron chi connectivity index (χ1n) is 9.35. The van der Waals surface area contributed by atoms with Crippen LogP contribution in [0.5, 0.6) is 11.5 Å². The molecule has 1 saturated heterocycles. The van der Waals surface area contributed by atoms with E-state index in [4.69, 9.17) is 14.5 Å². The number of ether oxygens (including phenoxy) is 2. The molecule has 2 aliphatic heterocycles. The first-order chi connectivity index (χ1) is 12.8. The van der Waals surface area contributed by atoms with Crippen LogP contribution in [0.1, 0.15) is 30.4 Å². The molecule has 0 amide bonds. The molecule has 138 valence electrons. The van der Waals surface area contributed by atoms with E-state index in [9.17, 15) is 0 Å². The number of methoxy groups -OCH3 is 2. The maximum Gasteiger partial charge on any atom is 0.227 e. The molecule has 1 aromatic carbocycles. The third kappa shape index (κ3) is 3.28. The highest BCUT2D eigenvalue weighted by Crippen LogP contribution is 2.34. The smallest absolute Gasteiger partial charge is 0.227 e. The minimum absolute atomic E-state index is 0.782. The number of benzene rings is 1. The summed E-state index contributed by atoms with van der Waals surface area (Å²) < 4.78 is 10.9. The van der Waals surface area contributed by atoms with Crippen molar-refractivity contribution in [3.63, 3.8) is 0 Å². The number of rotatable bonds is 4. The Kier molecular flexibility index (Phi) is 4.82. The zero-order chi connectivity index (χ0) is 17.9. The van der Waals surface area contributed by atoms with Crippen molar-refractivity contribution in [1.82, 2.24) is 9.97 Å². The highest BCUT2D eigenvalue weighted by Gasteiger charge is 2.22. The van der Waals surface area contributed by atoms with Gasteiger partial charge >= 0.3 is 0 Å². The number of piperidine rings is 1. The van der Waals surface area contributed by atoms with Gasteiger partial charge in [-0.25, -0.2) is 4.98 Å². The van der Waals surface area contributed by atoms with E-state index in [0.717, 1.165) is 55.9 Å². The van der Waals surface area contributed by atoms with Crippen LogP contribution in [-0.2, 0) is 13.0 Å². The van der Waals surface area contributed by atoms with Crippen LogP contribution >= 0.6 is 0 Å². The number of hydrogen-bond donors (Lipinski definition) is 0. The Morgan fingerprint density at radius 2 is 1.62 bits per heavy atom. The number of fused-ring (bicyclic) bond motifs is 1. The van der Waals surface area contributed by atoms with Crippen molar-refractivity contribution in [2.75, 3.05) is 43.7 Å². The van der Waals surface area contributed by atoms with Crippen LogP contribution in [0.3, 0.4) is 0 Å². The van der Waals surface area contributed by atoms with E-state index >= 15 is 0 Å². The van der Waals surface area contributed by atoms with Gasteiger partial charge in [0.2, 0.25) is 5.95 Å². The first kappa shape index (κ1) is 16.9. The lowest BCUT2D eigenvalue weighted by molar-refractivity contribution is 0.353. The zero-order valence-electron chi connectivity index (χ0n) is 15.6. The number of aromatic nitrogens is 2. The van der Waals surface area contributed by atoms with Crippen LogP contribution in [0.15, 0.2) is 24.4 Å². The fourth-order valence-corrected chi connectivity index (χ4v) is 3.84. The molecule has 0 aliphatic carbocycles. The van der Waals surface area contributed by atoms with Gasteiger partial charge in [-0.2, -0.15) is 4.98 Å². The summed E-state index contributed by atoms with van der Waals surface area (Å²) in [6.07, 6.45) is 6.62. The molecular formula is C20H26N4O2. The molecule has 6 nitrogen and oxygen atoms in total. The van der Waals surface area contributed by atoms with Crippen LogP contribution in [0, 0.1) is 0 Å². The maximum absolute atomic E-state index is 5.47. The standard InChI is InChI=1S/C20H26N4O2/c1-25-17-12-15-7-11-24(14-16(15)13-18(17)26-2)19-6-8-21-20(22-19)23-9-4-3-5-10-23/h6,8,12-13H,3-5,7,9-11,14H2,1-2H3. The monoisotopic (exact) mass is 354 g/mol. The Bertz CT molecular complexity index is 774. The second kappa shape index (κ2) is 7.40. The number of anilines is 2. The molecule has 0 radical (unpaired) electrons. The molecule has 6 heteroatoms. The van der Waals surface area contributed by atoms with Gasteiger partial charge in [-0.05, 0) is 55.0 Å². The van der Waals surface area contributed by atoms with Crippen LogP contribution in [0.4, 0.5) is 11.8 Å². The van der Waals surface area contributed by atoms with E-state index in [1.807, 2.05) is 12.3 Å². The maximum atomic E-state index is 5.47. The average molecular weight is 354 g/mol. The molecule has 1 aromatic heterocycles. The fourth-order valence-electron chi connectivity index (χ4n) is 3.84. The van der Waals surface area contributed by atoms with Crippen molar-refractivity contribution in [2.45, 2.75) is 32.2 Å². The van der Waals surface area contributed by atoms with E-state index in [1.54, 1.807) is 14.2 Å². The van der Waals surface area contributed by atoms with Gasteiger partial charge in [0.05, 0.1) is 14.2 Å². The van der Waals surface area contributed by atoms with Crippen molar-refractivity contribution in [1.29, 1.82) is 0 Å². The molecule has 0 bridgehead atoms. The van der Waals surface area contributed by atoms with Gasteiger partial charge in [0, 0.05) is 32.4 Å². The predicted molar refractivity (Wildman–Crippen MR) is 102 cm³/mol. The quantitative estimate of drug-likeness (QED) is 0.841. The van der Waals surface area contributed by atoms with Gasteiger partial charge < -0.3 is 19.3 Å².